The average Bonchev–Trinajstić information content (AvgIpc) is 3.60. The quantitative estimate of drug-likeness (QED) is 0.341. The van der Waals surface area contributed by atoms with Crippen LogP contribution in [-0.4, -0.2) is 96.5 Å². The second-order valence-electron chi connectivity index (χ2n) is 9.39. The zero-order valence-corrected chi connectivity index (χ0v) is 22.1. The fraction of sp³-hybridized carbons (Fsp3) is 0.577. The van der Waals surface area contributed by atoms with Crippen molar-refractivity contribution < 1.29 is 18.6 Å². The van der Waals surface area contributed by atoms with Crippen LogP contribution in [0.15, 0.2) is 30.7 Å². The van der Waals surface area contributed by atoms with Gasteiger partial charge in [0, 0.05) is 58.2 Å². The first-order chi connectivity index (χ1) is 18.6. The highest BCUT2D eigenvalue weighted by Gasteiger charge is 2.21. The number of anilines is 3. The molecule has 11 nitrogen and oxygen atoms in total. The fourth-order valence-corrected chi connectivity index (χ4v) is 4.88. The third-order valence-electron chi connectivity index (χ3n) is 6.95. The van der Waals surface area contributed by atoms with Crippen molar-refractivity contribution in [2.75, 3.05) is 75.9 Å². The van der Waals surface area contributed by atoms with Crippen LogP contribution in [0.1, 0.15) is 26.3 Å². The molecule has 2 aliphatic rings. The predicted molar refractivity (Wildman–Crippen MR) is 143 cm³/mol. The first-order valence-electron chi connectivity index (χ1n) is 13.4. The van der Waals surface area contributed by atoms with Gasteiger partial charge in [-0.2, -0.15) is 4.98 Å². The number of nitrogens with zero attached hydrogens (tertiary/aromatic N) is 6. The van der Waals surface area contributed by atoms with Crippen LogP contribution >= 0.6 is 0 Å². The lowest BCUT2D eigenvalue weighted by atomic mass is 10.2. The van der Waals surface area contributed by atoms with Gasteiger partial charge in [-0.05, 0) is 45.0 Å². The van der Waals surface area contributed by atoms with E-state index in [-0.39, 0.29) is 5.82 Å². The summed E-state index contributed by atoms with van der Waals surface area (Å²) < 4.78 is 33.7. The Morgan fingerprint density at radius 2 is 1.92 bits per heavy atom. The number of halogens is 1. The number of benzene rings is 1. The van der Waals surface area contributed by atoms with Crippen molar-refractivity contribution in [3.05, 3.63) is 36.5 Å². The van der Waals surface area contributed by atoms with Crippen LogP contribution in [0.2, 0.25) is 0 Å². The summed E-state index contributed by atoms with van der Waals surface area (Å²) in [5.74, 6) is 0.0111. The van der Waals surface area contributed by atoms with Crippen molar-refractivity contribution in [1.29, 1.82) is 0 Å². The van der Waals surface area contributed by atoms with E-state index in [9.17, 15) is 0 Å². The van der Waals surface area contributed by atoms with E-state index in [0.29, 0.717) is 37.5 Å². The second-order valence-corrected chi connectivity index (χ2v) is 9.39. The summed E-state index contributed by atoms with van der Waals surface area (Å²) in [6.45, 7) is 10.9. The number of hydrogen-bond donors (Lipinski definition) is 2. The van der Waals surface area contributed by atoms with Gasteiger partial charge in [0.05, 0.1) is 30.9 Å². The molecule has 1 atom stereocenters. The van der Waals surface area contributed by atoms with Crippen molar-refractivity contribution >= 4 is 28.5 Å². The van der Waals surface area contributed by atoms with Gasteiger partial charge in [0.1, 0.15) is 11.3 Å². The van der Waals surface area contributed by atoms with Gasteiger partial charge >= 0.3 is 0 Å². The molecule has 0 radical (unpaired) electrons. The number of nitrogens with one attached hydrogen (secondary N) is 2. The molecule has 2 aromatic heterocycles. The van der Waals surface area contributed by atoms with Gasteiger partial charge in [-0.1, -0.05) is 0 Å². The molecule has 1 aromatic carbocycles. The molecule has 3 aromatic rings. The Bertz CT molecular complexity index is 1170. The van der Waals surface area contributed by atoms with Crippen LogP contribution < -0.4 is 15.5 Å². The maximum absolute atomic E-state index is 15.1. The van der Waals surface area contributed by atoms with E-state index in [1.54, 1.807) is 24.7 Å². The number of piperazine rings is 1. The van der Waals surface area contributed by atoms with Crippen LogP contribution in [0.5, 0.6) is 0 Å². The Labute approximate surface area is 222 Å². The predicted octanol–water partition coefficient (Wildman–Crippen LogP) is 2.74. The Balaban J connectivity index is 1.15. The highest BCUT2D eigenvalue weighted by molar-refractivity contribution is 5.72. The average molecular weight is 529 g/mol. The first-order valence-corrected chi connectivity index (χ1v) is 13.4. The Hall–Kier alpha value is -2.90. The SMILES string of the molecule is CCOC(OCC)OCCN1CCN(c2ccc(Nc3ncc4ncn(C5CCNC5)c4n3)c(F)c2)CC1. The Morgan fingerprint density at radius 1 is 1.11 bits per heavy atom. The van der Waals surface area contributed by atoms with E-state index in [1.165, 1.54) is 0 Å². The van der Waals surface area contributed by atoms with Crippen molar-refractivity contribution in [3.63, 3.8) is 0 Å². The third kappa shape index (κ3) is 6.38. The monoisotopic (exact) mass is 528 g/mol. The van der Waals surface area contributed by atoms with Gasteiger partial charge in [-0.25, -0.2) is 14.4 Å². The topological polar surface area (TPSA) is 102 Å². The zero-order chi connectivity index (χ0) is 26.3. The van der Waals surface area contributed by atoms with Crippen LogP contribution in [-0.2, 0) is 14.2 Å². The molecule has 1 unspecified atom stereocenters. The van der Waals surface area contributed by atoms with Gasteiger partial charge in [-0.15, -0.1) is 0 Å². The van der Waals surface area contributed by atoms with Gasteiger partial charge in [0.25, 0.3) is 6.48 Å². The minimum absolute atomic E-state index is 0.314. The minimum Gasteiger partial charge on any atom is -0.369 e. The molecule has 38 heavy (non-hydrogen) atoms. The molecular weight excluding hydrogens is 491 g/mol. The van der Waals surface area contributed by atoms with Crippen molar-refractivity contribution in [2.45, 2.75) is 32.8 Å². The highest BCUT2D eigenvalue weighted by Crippen LogP contribution is 2.26. The number of imidazole rings is 1. The lowest BCUT2D eigenvalue weighted by Gasteiger charge is -2.36. The molecule has 2 saturated heterocycles. The molecule has 0 aliphatic carbocycles. The summed E-state index contributed by atoms with van der Waals surface area (Å²) in [4.78, 5) is 17.9. The van der Waals surface area contributed by atoms with Crippen molar-refractivity contribution in [2.24, 2.45) is 0 Å². The van der Waals surface area contributed by atoms with E-state index in [1.807, 2.05) is 19.9 Å². The van der Waals surface area contributed by atoms with Crippen molar-refractivity contribution in [1.82, 2.24) is 29.7 Å². The highest BCUT2D eigenvalue weighted by atomic mass is 19.1. The summed E-state index contributed by atoms with van der Waals surface area (Å²) in [6.07, 6.45) is 4.51. The molecule has 2 N–H and O–H groups in total. The fourth-order valence-electron chi connectivity index (χ4n) is 4.88. The van der Waals surface area contributed by atoms with Crippen LogP contribution in [0.4, 0.5) is 21.7 Å². The van der Waals surface area contributed by atoms with E-state index >= 15 is 4.39 Å². The number of aromatic nitrogens is 4. The van der Waals surface area contributed by atoms with Crippen LogP contribution in [0.25, 0.3) is 11.2 Å². The van der Waals surface area contributed by atoms with Gasteiger partial charge in [0.15, 0.2) is 5.65 Å². The van der Waals surface area contributed by atoms with E-state index in [2.05, 4.69) is 40.0 Å². The maximum Gasteiger partial charge on any atom is 0.271 e. The van der Waals surface area contributed by atoms with Crippen LogP contribution in [0.3, 0.4) is 0 Å². The largest absolute Gasteiger partial charge is 0.369 e. The molecule has 0 bridgehead atoms. The molecule has 12 heteroatoms. The molecular formula is C26H37FN8O3. The Kier molecular flexibility index (Phi) is 8.97. The lowest BCUT2D eigenvalue weighted by Crippen LogP contribution is -2.47. The molecule has 0 spiro atoms. The van der Waals surface area contributed by atoms with E-state index in [4.69, 9.17) is 14.2 Å². The normalized spacial score (nSPS) is 18.6. The van der Waals surface area contributed by atoms with Crippen LogP contribution in [0, 0.1) is 5.82 Å². The smallest absolute Gasteiger partial charge is 0.271 e. The molecule has 206 valence electrons. The number of fused-ring (bicyclic) bond motifs is 1. The van der Waals surface area contributed by atoms with Gasteiger partial charge < -0.3 is 34.3 Å². The second kappa shape index (κ2) is 12.8. The molecule has 4 heterocycles. The van der Waals surface area contributed by atoms with Crippen molar-refractivity contribution in [3.8, 4) is 0 Å². The summed E-state index contributed by atoms with van der Waals surface area (Å²) in [7, 11) is 0. The standard InChI is InChI=1S/C26H37FN8O3/c1-3-36-26(37-4-2)38-14-13-33-9-11-34(12-10-33)19-5-6-22(21(27)15-19)31-25-29-17-23-24(32-25)35(18-30-23)20-7-8-28-16-20/h5-6,15,17-18,20,26,28H,3-4,7-14,16H2,1-2H3,(H,29,31,32). The van der Waals surface area contributed by atoms with E-state index in [0.717, 1.165) is 69.1 Å². The third-order valence-corrected chi connectivity index (χ3v) is 6.95. The molecule has 2 aliphatic heterocycles. The zero-order valence-electron chi connectivity index (χ0n) is 22.1. The number of ether oxygens (including phenoxy) is 3. The maximum atomic E-state index is 15.1. The van der Waals surface area contributed by atoms with Gasteiger partial charge in [-0.3, -0.25) is 4.90 Å². The summed E-state index contributed by atoms with van der Waals surface area (Å²) in [5.41, 5.74) is 2.69. The summed E-state index contributed by atoms with van der Waals surface area (Å²) in [6, 6.07) is 5.57. The Morgan fingerprint density at radius 3 is 2.63 bits per heavy atom. The number of hydrogen-bond acceptors (Lipinski definition) is 10. The first kappa shape index (κ1) is 26.7. The number of rotatable bonds is 12. The molecule has 0 amide bonds. The molecule has 5 rings (SSSR count). The molecule has 0 saturated carbocycles. The van der Waals surface area contributed by atoms with Gasteiger partial charge in [0.2, 0.25) is 5.95 Å². The van der Waals surface area contributed by atoms with E-state index < -0.39 is 6.48 Å². The molecule has 2 fully saturated rings. The lowest BCUT2D eigenvalue weighted by molar-refractivity contribution is -0.285. The minimum atomic E-state index is -0.611. The summed E-state index contributed by atoms with van der Waals surface area (Å²) >= 11 is 0. The summed E-state index contributed by atoms with van der Waals surface area (Å²) in [5, 5.41) is 6.41.